The molecule has 0 radical (unpaired) electrons. The Morgan fingerprint density at radius 3 is 2.71 bits per heavy atom. The lowest BCUT2D eigenvalue weighted by atomic mass is 10.00. The first-order chi connectivity index (χ1) is 13.4. The monoisotopic (exact) mass is 381 g/mol. The fourth-order valence-corrected chi connectivity index (χ4v) is 3.66. The van der Waals surface area contributed by atoms with Crippen LogP contribution in [-0.4, -0.2) is 50.6 Å². The molecule has 0 atom stereocenters. The molecular weight excluding hydrogens is 357 g/mol. The van der Waals surface area contributed by atoms with Gasteiger partial charge in [-0.05, 0) is 56.2 Å². The second-order valence-corrected chi connectivity index (χ2v) is 7.76. The molecule has 0 unspecified atom stereocenters. The molecule has 1 N–H and O–H groups in total. The van der Waals surface area contributed by atoms with Gasteiger partial charge in [0.05, 0.1) is 17.4 Å². The van der Waals surface area contributed by atoms with Gasteiger partial charge in [-0.2, -0.15) is 5.10 Å². The Labute approximate surface area is 163 Å². The number of rotatable bonds is 3. The van der Waals surface area contributed by atoms with Gasteiger partial charge in [0, 0.05) is 25.2 Å². The SMILES string of the molecule is CCc1cc(-c2ccc(F)cc2)nn2cc(C(=O)N3CCNCC3(C)C)nc12. The molecule has 1 aliphatic heterocycles. The van der Waals surface area contributed by atoms with Gasteiger partial charge in [-0.25, -0.2) is 13.9 Å². The second kappa shape index (κ2) is 6.98. The maximum Gasteiger partial charge on any atom is 0.274 e. The largest absolute Gasteiger partial charge is 0.330 e. The van der Waals surface area contributed by atoms with Crippen LogP contribution in [0.3, 0.4) is 0 Å². The molecule has 7 heteroatoms. The van der Waals surface area contributed by atoms with Crippen molar-refractivity contribution in [3.63, 3.8) is 0 Å². The third-order valence-electron chi connectivity index (χ3n) is 5.29. The molecule has 0 bridgehead atoms. The minimum atomic E-state index is -0.283. The number of piperazine rings is 1. The van der Waals surface area contributed by atoms with E-state index in [1.165, 1.54) is 12.1 Å². The Bertz CT molecular complexity index is 1030. The molecule has 0 aliphatic carbocycles. The summed E-state index contributed by atoms with van der Waals surface area (Å²) in [5.41, 5.74) is 3.35. The van der Waals surface area contributed by atoms with Crippen LogP contribution >= 0.6 is 0 Å². The lowest BCUT2D eigenvalue weighted by Crippen LogP contribution is -2.59. The molecule has 0 saturated carbocycles. The lowest BCUT2D eigenvalue weighted by molar-refractivity contribution is 0.0472. The highest BCUT2D eigenvalue weighted by atomic mass is 19.1. The molecule has 3 heterocycles. The van der Waals surface area contributed by atoms with Gasteiger partial charge < -0.3 is 10.2 Å². The molecule has 1 amide bonds. The van der Waals surface area contributed by atoms with Crippen molar-refractivity contribution in [2.24, 2.45) is 0 Å². The average molecular weight is 381 g/mol. The highest BCUT2D eigenvalue weighted by Crippen LogP contribution is 2.23. The number of hydrogen-bond acceptors (Lipinski definition) is 4. The van der Waals surface area contributed by atoms with Gasteiger partial charge in [-0.1, -0.05) is 6.92 Å². The smallest absolute Gasteiger partial charge is 0.274 e. The molecule has 1 fully saturated rings. The molecular formula is C21H24FN5O. The van der Waals surface area contributed by atoms with E-state index in [2.05, 4.69) is 29.2 Å². The van der Waals surface area contributed by atoms with Crippen LogP contribution in [-0.2, 0) is 6.42 Å². The van der Waals surface area contributed by atoms with Crippen LogP contribution in [0.5, 0.6) is 0 Å². The van der Waals surface area contributed by atoms with Gasteiger partial charge in [-0.15, -0.1) is 0 Å². The van der Waals surface area contributed by atoms with E-state index in [1.54, 1.807) is 22.8 Å². The number of carbonyl (C=O) groups is 1. The number of nitrogens with zero attached hydrogens (tertiary/aromatic N) is 4. The van der Waals surface area contributed by atoms with Crippen LogP contribution in [0.15, 0.2) is 36.5 Å². The molecule has 2 aromatic heterocycles. The summed E-state index contributed by atoms with van der Waals surface area (Å²) in [7, 11) is 0. The van der Waals surface area contributed by atoms with Crippen molar-refractivity contribution in [3.8, 4) is 11.3 Å². The first-order valence-electron chi connectivity index (χ1n) is 9.57. The van der Waals surface area contributed by atoms with Crippen molar-refractivity contribution in [2.45, 2.75) is 32.7 Å². The quantitative estimate of drug-likeness (QED) is 0.758. The fraction of sp³-hybridized carbons (Fsp3) is 0.381. The summed E-state index contributed by atoms with van der Waals surface area (Å²) in [6, 6.07) is 8.20. The Kier molecular flexibility index (Phi) is 4.63. The van der Waals surface area contributed by atoms with E-state index in [-0.39, 0.29) is 17.3 Å². The van der Waals surface area contributed by atoms with Crippen LogP contribution in [0.1, 0.15) is 36.8 Å². The third-order valence-corrected chi connectivity index (χ3v) is 5.29. The topological polar surface area (TPSA) is 62.5 Å². The lowest BCUT2D eigenvalue weighted by Gasteiger charge is -2.42. The number of halogens is 1. The highest BCUT2D eigenvalue weighted by Gasteiger charge is 2.34. The van der Waals surface area contributed by atoms with Gasteiger partial charge in [0.2, 0.25) is 0 Å². The molecule has 146 valence electrons. The van der Waals surface area contributed by atoms with Crippen LogP contribution in [0.2, 0.25) is 0 Å². The predicted octanol–water partition coefficient (Wildman–Crippen LogP) is 2.92. The Hall–Kier alpha value is -2.80. The van der Waals surface area contributed by atoms with E-state index in [9.17, 15) is 9.18 Å². The van der Waals surface area contributed by atoms with E-state index in [0.29, 0.717) is 17.9 Å². The number of aromatic nitrogens is 3. The van der Waals surface area contributed by atoms with Crippen molar-refractivity contribution in [1.29, 1.82) is 0 Å². The zero-order valence-corrected chi connectivity index (χ0v) is 16.4. The standard InChI is InChI=1S/C21H24FN5O/c1-4-14-11-17(15-5-7-16(22)8-6-15)25-27-12-18(24-19(14)27)20(28)26-10-9-23-13-21(26,2)3/h5-8,11-12,23H,4,9-10,13H2,1-3H3. The first kappa shape index (κ1) is 18.6. The summed E-state index contributed by atoms with van der Waals surface area (Å²) in [6.45, 7) is 8.31. The molecule has 1 aliphatic rings. The number of benzene rings is 1. The van der Waals surface area contributed by atoms with Crippen molar-refractivity contribution < 1.29 is 9.18 Å². The third kappa shape index (κ3) is 3.26. The zero-order chi connectivity index (χ0) is 19.9. The average Bonchev–Trinajstić information content (AvgIpc) is 3.11. The molecule has 3 aromatic rings. The van der Waals surface area contributed by atoms with Gasteiger partial charge >= 0.3 is 0 Å². The van der Waals surface area contributed by atoms with Crippen LogP contribution < -0.4 is 5.32 Å². The first-order valence-corrected chi connectivity index (χ1v) is 9.57. The highest BCUT2D eigenvalue weighted by molar-refractivity contribution is 5.93. The van der Waals surface area contributed by atoms with Gasteiger partial charge in [0.15, 0.2) is 5.65 Å². The molecule has 28 heavy (non-hydrogen) atoms. The summed E-state index contributed by atoms with van der Waals surface area (Å²) in [6.07, 6.45) is 2.45. The summed E-state index contributed by atoms with van der Waals surface area (Å²) in [4.78, 5) is 19.6. The second-order valence-electron chi connectivity index (χ2n) is 7.76. The maximum absolute atomic E-state index is 13.3. The Morgan fingerprint density at radius 2 is 2.04 bits per heavy atom. The maximum atomic E-state index is 13.3. The van der Waals surface area contributed by atoms with Gasteiger partial charge in [-0.3, -0.25) is 4.79 Å². The normalized spacial score (nSPS) is 16.5. The van der Waals surface area contributed by atoms with Crippen molar-refractivity contribution in [1.82, 2.24) is 24.8 Å². The Morgan fingerprint density at radius 1 is 1.29 bits per heavy atom. The number of fused-ring (bicyclic) bond motifs is 1. The predicted molar refractivity (Wildman–Crippen MR) is 106 cm³/mol. The number of carbonyl (C=O) groups excluding carboxylic acids is 1. The molecule has 1 saturated heterocycles. The number of amides is 1. The number of hydrogen-bond donors (Lipinski definition) is 1. The van der Waals surface area contributed by atoms with E-state index in [1.807, 2.05) is 17.9 Å². The molecule has 1 aromatic carbocycles. The molecule has 6 nitrogen and oxygen atoms in total. The van der Waals surface area contributed by atoms with Gasteiger partial charge in [0.25, 0.3) is 5.91 Å². The summed E-state index contributed by atoms with van der Waals surface area (Å²) in [5.74, 6) is -0.364. The van der Waals surface area contributed by atoms with E-state index >= 15 is 0 Å². The summed E-state index contributed by atoms with van der Waals surface area (Å²) < 4.78 is 14.9. The van der Waals surface area contributed by atoms with Gasteiger partial charge in [0.1, 0.15) is 11.5 Å². The number of aryl methyl sites for hydroxylation is 1. The number of nitrogens with one attached hydrogen (secondary N) is 1. The fourth-order valence-electron chi connectivity index (χ4n) is 3.66. The molecule has 0 spiro atoms. The zero-order valence-electron chi connectivity index (χ0n) is 16.4. The van der Waals surface area contributed by atoms with E-state index < -0.39 is 0 Å². The summed E-state index contributed by atoms with van der Waals surface area (Å²) in [5, 5.41) is 7.94. The van der Waals surface area contributed by atoms with E-state index in [0.717, 1.165) is 36.3 Å². The minimum Gasteiger partial charge on any atom is -0.330 e. The van der Waals surface area contributed by atoms with E-state index in [4.69, 9.17) is 0 Å². The van der Waals surface area contributed by atoms with Crippen LogP contribution in [0.25, 0.3) is 16.9 Å². The Balaban J connectivity index is 1.76. The van der Waals surface area contributed by atoms with Crippen molar-refractivity contribution in [3.05, 3.63) is 53.6 Å². The van der Waals surface area contributed by atoms with Crippen molar-refractivity contribution in [2.75, 3.05) is 19.6 Å². The number of imidazole rings is 1. The minimum absolute atomic E-state index is 0.0811. The van der Waals surface area contributed by atoms with Crippen LogP contribution in [0.4, 0.5) is 4.39 Å². The van der Waals surface area contributed by atoms with Crippen LogP contribution in [0, 0.1) is 5.82 Å². The summed E-state index contributed by atoms with van der Waals surface area (Å²) >= 11 is 0. The molecule has 4 rings (SSSR count). The van der Waals surface area contributed by atoms with Crippen molar-refractivity contribution >= 4 is 11.6 Å².